The Morgan fingerprint density at radius 3 is 2.84 bits per heavy atom. The SMILES string of the molecule is CC(C)C(NCC(O)COCc1ccco1)C(N)=O. The summed E-state index contributed by atoms with van der Waals surface area (Å²) in [4.78, 5) is 11.2. The maximum Gasteiger partial charge on any atom is 0.234 e. The lowest BCUT2D eigenvalue weighted by molar-refractivity contribution is -0.121. The molecule has 0 aromatic carbocycles. The van der Waals surface area contributed by atoms with Gasteiger partial charge in [0.15, 0.2) is 0 Å². The summed E-state index contributed by atoms with van der Waals surface area (Å²) in [7, 11) is 0. The summed E-state index contributed by atoms with van der Waals surface area (Å²) in [6, 6.07) is 3.13. The number of rotatable bonds is 9. The average molecular weight is 270 g/mol. The number of carbonyl (C=O) groups is 1. The van der Waals surface area contributed by atoms with Crippen molar-refractivity contribution in [2.24, 2.45) is 11.7 Å². The van der Waals surface area contributed by atoms with E-state index in [1.807, 2.05) is 13.8 Å². The maximum atomic E-state index is 11.2. The number of nitrogens with one attached hydrogen (secondary N) is 1. The van der Waals surface area contributed by atoms with Crippen molar-refractivity contribution in [3.8, 4) is 0 Å². The van der Waals surface area contributed by atoms with Gasteiger partial charge in [0.05, 0.1) is 25.0 Å². The molecule has 1 rings (SSSR count). The molecule has 1 aromatic heterocycles. The van der Waals surface area contributed by atoms with Crippen LogP contribution in [0.5, 0.6) is 0 Å². The van der Waals surface area contributed by atoms with Crippen LogP contribution in [0.4, 0.5) is 0 Å². The predicted molar refractivity (Wildman–Crippen MR) is 70.2 cm³/mol. The van der Waals surface area contributed by atoms with Crippen molar-refractivity contribution in [1.29, 1.82) is 0 Å². The minimum atomic E-state index is -0.699. The number of nitrogens with two attached hydrogens (primary N) is 1. The van der Waals surface area contributed by atoms with Crippen LogP contribution in [-0.2, 0) is 16.1 Å². The van der Waals surface area contributed by atoms with Gasteiger partial charge in [-0.05, 0) is 18.1 Å². The third-order valence-corrected chi connectivity index (χ3v) is 2.68. The third kappa shape index (κ3) is 5.87. The van der Waals surface area contributed by atoms with Crippen LogP contribution in [0.25, 0.3) is 0 Å². The highest BCUT2D eigenvalue weighted by Crippen LogP contribution is 2.03. The smallest absolute Gasteiger partial charge is 0.234 e. The number of primary amides is 1. The van der Waals surface area contributed by atoms with Gasteiger partial charge < -0.3 is 25.3 Å². The van der Waals surface area contributed by atoms with Crippen LogP contribution in [0.2, 0.25) is 0 Å². The van der Waals surface area contributed by atoms with Gasteiger partial charge in [0.2, 0.25) is 5.91 Å². The van der Waals surface area contributed by atoms with Crippen LogP contribution in [0.15, 0.2) is 22.8 Å². The van der Waals surface area contributed by atoms with E-state index in [9.17, 15) is 9.90 Å². The lowest BCUT2D eigenvalue weighted by Crippen LogP contribution is -2.48. The van der Waals surface area contributed by atoms with E-state index in [1.54, 1.807) is 18.4 Å². The van der Waals surface area contributed by atoms with Gasteiger partial charge in [0, 0.05) is 6.54 Å². The first-order valence-electron chi connectivity index (χ1n) is 6.31. The molecule has 0 saturated carbocycles. The molecule has 2 unspecified atom stereocenters. The molecule has 6 heteroatoms. The van der Waals surface area contributed by atoms with E-state index in [0.717, 1.165) is 0 Å². The molecule has 0 radical (unpaired) electrons. The summed E-state index contributed by atoms with van der Waals surface area (Å²) in [6.45, 7) is 4.51. The fraction of sp³-hybridized carbons (Fsp3) is 0.615. The highest BCUT2D eigenvalue weighted by molar-refractivity contribution is 5.80. The van der Waals surface area contributed by atoms with Crippen molar-refractivity contribution < 1.29 is 19.1 Å². The molecule has 0 aliphatic heterocycles. The summed E-state index contributed by atoms with van der Waals surface area (Å²) < 4.78 is 10.4. The average Bonchev–Trinajstić information content (AvgIpc) is 2.81. The van der Waals surface area contributed by atoms with Crippen LogP contribution in [0.3, 0.4) is 0 Å². The normalized spacial score (nSPS) is 14.5. The number of furan rings is 1. The lowest BCUT2D eigenvalue weighted by Gasteiger charge is -2.20. The fourth-order valence-electron chi connectivity index (χ4n) is 1.68. The third-order valence-electron chi connectivity index (χ3n) is 2.68. The molecule has 0 saturated heterocycles. The molecule has 0 aliphatic rings. The molecule has 19 heavy (non-hydrogen) atoms. The zero-order chi connectivity index (χ0) is 14.3. The Kier molecular flexibility index (Phi) is 6.55. The molecule has 0 fully saturated rings. The second kappa shape index (κ2) is 7.93. The van der Waals surface area contributed by atoms with E-state index >= 15 is 0 Å². The standard InChI is InChI=1S/C13H22N2O4/c1-9(2)12(13(14)17)15-6-10(16)7-18-8-11-4-3-5-19-11/h3-5,9-10,12,15-16H,6-8H2,1-2H3,(H2,14,17). The first kappa shape index (κ1) is 15.7. The van der Waals surface area contributed by atoms with Gasteiger partial charge in [-0.3, -0.25) is 4.79 Å². The Bertz CT molecular complexity index is 365. The maximum absolute atomic E-state index is 11.2. The quantitative estimate of drug-likeness (QED) is 0.598. The first-order chi connectivity index (χ1) is 9.00. The van der Waals surface area contributed by atoms with E-state index in [2.05, 4.69) is 5.32 Å². The van der Waals surface area contributed by atoms with Gasteiger partial charge in [-0.2, -0.15) is 0 Å². The van der Waals surface area contributed by atoms with E-state index in [-0.39, 0.29) is 19.1 Å². The van der Waals surface area contributed by atoms with Gasteiger partial charge in [0.25, 0.3) is 0 Å². The Morgan fingerprint density at radius 1 is 1.58 bits per heavy atom. The monoisotopic (exact) mass is 270 g/mol. The minimum absolute atomic E-state index is 0.0775. The molecule has 0 bridgehead atoms. The first-order valence-corrected chi connectivity index (χ1v) is 6.31. The van der Waals surface area contributed by atoms with Crippen LogP contribution in [0.1, 0.15) is 19.6 Å². The number of aliphatic hydroxyl groups is 1. The van der Waals surface area contributed by atoms with Crippen molar-refractivity contribution in [3.63, 3.8) is 0 Å². The van der Waals surface area contributed by atoms with Crippen molar-refractivity contribution in [2.45, 2.75) is 32.6 Å². The number of amides is 1. The van der Waals surface area contributed by atoms with Gasteiger partial charge >= 0.3 is 0 Å². The zero-order valence-electron chi connectivity index (χ0n) is 11.3. The minimum Gasteiger partial charge on any atom is -0.467 e. The van der Waals surface area contributed by atoms with Gasteiger partial charge in [-0.15, -0.1) is 0 Å². The zero-order valence-corrected chi connectivity index (χ0v) is 11.3. The molecule has 6 nitrogen and oxygen atoms in total. The van der Waals surface area contributed by atoms with E-state index in [4.69, 9.17) is 14.9 Å². The number of aliphatic hydroxyl groups excluding tert-OH is 1. The Labute approximate surface area is 112 Å². The molecule has 108 valence electrons. The van der Waals surface area contributed by atoms with Crippen LogP contribution in [0, 0.1) is 5.92 Å². The number of hydrogen-bond acceptors (Lipinski definition) is 5. The molecule has 0 spiro atoms. The predicted octanol–water partition coefficient (Wildman–Crippen LogP) is 0.257. The molecular weight excluding hydrogens is 248 g/mol. The number of hydrogen-bond donors (Lipinski definition) is 3. The number of ether oxygens (including phenoxy) is 1. The molecule has 2 atom stereocenters. The van der Waals surface area contributed by atoms with Gasteiger partial charge in [-0.25, -0.2) is 0 Å². The summed E-state index contributed by atoms with van der Waals surface area (Å²) >= 11 is 0. The summed E-state index contributed by atoms with van der Waals surface area (Å²) in [6.07, 6.45) is 0.868. The van der Waals surface area contributed by atoms with Crippen molar-refractivity contribution in [3.05, 3.63) is 24.2 Å². The summed E-state index contributed by atoms with van der Waals surface area (Å²) in [5.41, 5.74) is 5.26. The van der Waals surface area contributed by atoms with Gasteiger partial charge in [0.1, 0.15) is 12.4 Å². The molecule has 1 heterocycles. The second-order valence-electron chi connectivity index (χ2n) is 4.78. The topological polar surface area (TPSA) is 97.7 Å². The fourth-order valence-corrected chi connectivity index (χ4v) is 1.68. The van der Waals surface area contributed by atoms with E-state index in [0.29, 0.717) is 12.4 Å². The molecule has 4 N–H and O–H groups in total. The summed E-state index contributed by atoms with van der Waals surface area (Å²) in [5, 5.41) is 12.7. The van der Waals surface area contributed by atoms with Crippen LogP contribution >= 0.6 is 0 Å². The van der Waals surface area contributed by atoms with Crippen molar-refractivity contribution in [2.75, 3.05) is 13.2 Å². The van der Waals surface area contributed by atoms with E-state index < -0.39 is 18.1 Å². The molecule has 1 aromatic rings. The molecule has 0 aliphatic carbocycles. The van der Waals surface area contributed by atoms with Crippen molar-refractivity contribution >= 4 is 5.91 Å². The van der Waals surface area contributed by atoms with Crippen LogP contribution in [-0.4, -0.2) is 36.3 Å². The Morgan fingerprint density at radius 2 is 2.32 bits per heavy atom. The van der Waals surface area contributed by atoms with Gasteiger partial charge in [-0.1, -0.05) is 13.8 Å². The van der Waals surface area contributed by atoms with Crippen LogP contribution < -0.4 is 11.1 Å². The largest absolute Gasteiger partial charge is 0.467 e. The van der Waals surface area contributed by atoms with E-state index in [1.165, 1.54) is 0 Å². The number of carbonyl (C=O) groups excluding carboxylic acids is 1. The lowest BCUT2D eigenvalue weighted by atomic mass is 10.0. The highest BCUT2D eigenvalue weighted by Gasteiger charge is 2.19. The van der Waals surface area contributed by atoms with Crippen molar-refractivity contribution in [1.82, 2.24) is 5.32 Å². The summed E-state index contributed by atoms with van der Waals surface area (Å²) in [5.74, 6) is 0.366. The Hall–Kier alpha value is -1.37. The molecule has 1 amide bonds. The second-order valence-corrected chi connectivity index (χ2v) is 4.78. The highest BCUT2D eigenvalue weighted by atomic mass is 16.5. The molecular formula is C13H22N2O4. The Balaban J connectivity index is 2.19.